The molecule has 5 nitrogen and oxygen atoms in total. The van der Waals surface area contributed by atoms with Crippen molar-refractivity contribution in [2.75, 3.05) is 18.0 Å². The summed E-state index contributed by atoms with van der Waals surface area (Å²) in [4.78, 5) is 23.1. The van der Waals surface area contributed by atoms with E-state index in [4.69, 9.17) is 0 Å². The van der Waals surface area contributed by atoms with Crippen molar-refractivity contribution in [3.8, 4) is 0 Å². The summed E-state index contributed by atoms with van der Waals surface area (Å²) in [5.74, 6) is 2.49. The second kappa shape index (κ2) is 6.00. The Kier molecular flexibility index (Phi) is 4.08. The second-order valence-corrected chi connectivity index (χ2v) is 6.14. The highest BCUT2D eigenvalue weighted by atomic mass is 16.1. The van der Waals surface area contributed by atoms with Crippen molar-refractivity contribution < 1.29 is 4.79 Å². The maximum Gasteiger partial charge on any atom is 0.220 e. The number of aromatic nitrogens is 2. The molecular weight excluding hydrogens is 264 g/mol. The molecule has 1 aromatic heterocycles. The largest absolute Gasteiger partial charge is 0.356 e. The number of amides is 1. The highest BCUT2D eigenvalue weighted by molar-refractivity contribution is 5.78. The number of rotatable bonds is 3. The molecule has 5 heteroatoms. The summed E-state index contributed by atoms with van der Waals surface area (Å²) in [6, 6.07) is 2.55. The fourth-order valence-corrected chi connectivity index (χ4v) is 3.57. The van der Waals surface area contributed by atoms with Gasteiger partial charge in [0.2, 0.25) is 5.91 Å². The van der Waals surface area contributed by atoms with Crippen molar-refractivity contribution in [3.63, 3.8) is 0 Å². The van der Waals surface area contributed by atoms with Crippen LogP contribution in [-0.2, 0) is 11.2 Å². The number of carbonyl (C=O) groups is 1. The topological polar surface area (TPSA) is 58.1 Å². The summed E-state index contributed by atoms with van der Waals surface area (Å²) >= 11 is 0. The van der Waals surface area contributed by atoms with Crippen LogP contribution in [0.25, 0.3) is 0 Å². The van der Waals surface area contributed by atoms with Crippen LogP contribution in [-0.4, -0.2) is 35.0 Å². The van der Waals surface area contributed by atoms with Crippen LogP contribution in [0.4, 0.5) is 5.82 Å². The SMILES string of the molecule is CCc1cc(N2CCCCC2C2CNC(=O)C2)nc(C)n1. The van der Waals surface area contributed by atoms with Crippen molar-refractivity contribution in [1.29, 1.82) is 0 Å². The molecule has 2 atom stereocenters. The van der Waals surface area contributed by atoms with Crippen molar-refractivity contribution in [2.45, 2.75) is 52.0 Å². The summed E-state index contributed by atoms with van der Waals surface area (Å²) in [7, 11) is 0. The van der Waals surface area contributed by atoms with Gasteiger partial charge in [0.15, 0.2) is 0 Å². The van der Waals surface area contributed by atoms with E-state index in [-0.39, 0.29) is 5.91 Å². The molecule has 21 heavy (non-hydrogen) atoms. The molecule has 0 aliphatic carbocycles. The lowest BCUT2D eigenvalue weighted by molar-refractivity contribution is -0.119. The summed E-state index contributed by atoms with van der Waals surface area (Å²) in [5, 5.41) is 2.97. The van der Waals surface area contributed by atoms with Gasteiger partial charge in [0.1, 0.15) is 11.6 Å². The van der Waals surface area contributed by atoms with E-state index in [0.717, 1.165) is 43.3 Å². The van der Waals surface area contributed by atoms with Gasteiger partial charge in [-0.25, -0.2) is 9.97 Å². The molecule has 2 fully saturated rings. The molecule has 1 amide bonds. The Labute approximate surface area is 126 Å². The predicted molar refractivity (Wildman–Crippen MR) is 82.2 cm³/mol. The van der Waals surface area contributed by atoms with Crippen LogP contribution < -0.4 is 10.2 Å². The summed E-state index contributed by atoms with van der Waals surface area (Å²) in [6.45, 7) is 5.93. The van der Waals surface area contributed by atoms with Crippen molar-refractivity contribution in [3.05, 3.63) is 17.6 Å². The first-order chi connectivity index (χ1) is 10.2. The number of piperidine rings is 1. The monoisotopic (exact) mass is 288 g/mol. The van der Waals surface area contributed by atoms with E-state index in [9.17, 15) is 4.79 Å². The maximum absolute atomic E-state index is 11.5. The summed E-state index contributed by atoms with van der Waals surface area (Å²) in [6.07, 6.45) is 5.19. The van der Waals surface area contributed by atoms with Gasteiger partial charge >= 0.3 is 0 Å². The first-order valence-electron chi connectivity index (χ1n) is 8.05. The van der Waals surface area contributed by atoms with Gasteiger partial charge in [0.25, 0.3) is 0 Å². The number of anilines is 1. The van der Waals surface area contributed by atoms with E-state index in [2.05, 4.69) is 33.2 Å². The van der Waals surface area contributed by atoms with Crippen LogP contribution in [0.1, 0.15) is 44.1 Å². The second-order valence-electron chi connectivity index (χ2n) is 6.14. The van der Waals surface area contributed by atoms with Gasteiger partial charge in [-0.05, 0) is 32.6 Å². The highest BCUT2D eigenvalue weighted by Crippen LogP contribution is 2.31. The average molecular weight is 288 g/mol. The van der Waals surface area contributed by atoms with Crippen molar-refractivity contribution in [1.82, 2.24) is 15.3 Å². The lowest BCUT2D eigenvalue weighted by Crippen LogP contribution is -2.45. The van der Waals surface area contributed by atoms with Crippen molar-refractivity contribution >= 4 is 11.7 Å². The van der Waals surface area contributed by atoms with Gasteiger partial charge in [-0.3, -0.25) is 4.79 Å². The minimum absolute atomic E-state index is 0.193. The molecule has 114 valence electrons. The summed E-state index contributed by atoms with van der Waals surface area (Å²) < 4.78 is 0. The minimum atomic E-state index is 0.193. The fourth-order valence-electron chi connectivity index (χ4n) is 3.57. The number of nitrogens with one attached hydrogen (secondary N) is 1. The van der Waals surface area contributed by atoms with Gasteiger partial charge < -0.3 is 10.2 Å². The molecule has 0 bridgehead atoms. The molecule has 3 rings (SSSR count). The Morgan fingerprint density at radius 3 is 2.95 bits per heavy atom. The summed E-state index contributed by atoms with van der Waals surface area (Å²) in [5.41, 5.74) is 1.10. The third kappa shape index (κ3) is 3.01. The Hall–Kier alpha value is -1.65. The molecule has 2 aliphatic rings. The van der Waals surface area contributed by atoms with Crippen molar-refractivity contribution in [2.24, 2.45) is 5.92 Å². The molecule has 0 aromatic carbocycles. The third-order valence-corrected chi connectivity index (χ3v) is 4.64. The van der Waals surface area contributed by atoms with Crippen LogP contribution in [0.3, 0.4) is 0 Å². The van der Waals surface area contributed by atoms with Gasteiger partial charge in [-0.15, -0.1) is 0 Å². The van der Waals surface area contributed by atoms with Crippen LogP contribution >= 0.6 is 0 Å². The number of hydrogen-bond donors (Lipinski definition) is 1. The molecule has 2 saturated heterocycles. The van der Waals surface area contributed by atoms with Gasteiger partial charge in [-0.1, -0.05) is 6.92 Å². The molecule has 0 saturated carbocycles. The maximum atomic E-state index is 11.5. The molecule has 1 N–H and O–H groups in total. The molecule has 1 aromatic rings. The minimum Gasteiger partial charge on any atom is -0.356 e. The van der Waals surface area contributed by atoms with E-state index >= 15 is 0 Å². The fraction of sp³-hybridized carbons (Fsp3) is 0.688. The number of hydrogen-bond acceptors (Lipinski definition) is 4. The van der Waals surface area contributed by atoms with E-state index in [1.165, 1.54) is 12.8 Å². The average Bonchev–Trinajstić information content (AvgIpc) is 2.93. The molecular formula is C16H24N4O. The van der Waals surface area contributed by atoms with E-state index < -0.39 is 0 Å². The van der Waals surface area contributed by atoms with Crippen LogP contribution in [0.5, 0.6) is 0 Å². The zero-order valence-electron chi connectivity index (χ0n) is 12.9. The normalized spacial score (nSPS) is 26.0. The lowest BCUT2D eigenvalue weighted by Gasteiger charge is -2.39. The Bertz CT molecular complexity index is 531. The van der Waals surface area contributed by atoms with Crippen LogP contribution in [0.15, 0.2) is 6.07 Å². The molecule has 2 aliphatic heterocycles. The highest BCUT2D eigenvalue weighted by Gasteiger charge is 2.35. The molecule has 3 heterocycles. The zero-order valence-corrected chi connectivity index (χ0v) is 12.9. The number of carbonyl (C=O) groups excluding carboxylic acids is 1. The van der Waals surface area contributed by atoms with Gasteiger partial charge in [-0.2, -0.15) is 0 Å². The molecule has 0 radical (unpaired) electrons. The van der Waals surface area contributed by atoms with E-state index in [1.54, 1.807) is 0 Å². The Morgan fingerprint density at radius 1 is 1.38 bits per heavy atom. The molecule has 0 spiro atoms. The standard InChI is InChI=1S/C16H24N4O/c1-3-13-9-15(19-11(2)18-13)20-7-5-4-6-14(20)12-8-16(21)17-10-12/h9,12,14H,3-8,10H2,1-2H3,(H,17,21). The quantitative estimate of drug-likeness (QED) is 0.922. The smallest absolute Gasteiger partial charge is 0.220 e. The number of aryl methyl sites for hydroxylation is 2. The van der Waals surface area contributed by atoms with Crippen LogP contribution in [0, 0.1) is 12.8 Å². The Morgan fingerprint density at radius 2 is 2.24 bits per heavy atom. The predicted octanol–water partition coefficient (Wildman–Crippen LogP) is 1.84. The van der Waals surface area contributed by atoms with E-state index in [0.29, 0.717) is 18.4 Å². The van der Waals surface area contributed by atoms with Gasteiger partial charge in [0, 0.05) is 43.2 Å². The molecule has 2 unspecified atom stereocenters. The third-order valence-electron chi connectivity index (χ3n) is 4.64. The van der Waals surface area contributed by atoms with E-state index in [1.807, 2.05) is 6.92 Å². The Balaban J connectivity index is 1.87. The van der Waals surface area contributed by atoms with Crippen LogP contribution in [0.2, 0.25) is 0 Å². The lowest BCUT2D eigenvalue weighted by atomic mass is 9.89. The first-order valence-corrected chi connectivity index (χ1v) is 8.05. The van der Waals surface area contributed by atoms with Gasteiger partial charge in [0.05, 0.1) is 0 Å². The zero-order chi connectivity index (χ0) is 14.8. The number of nitrogens with zero attached hydrogens (tertiary/aromatic N) is 3. The first kappa shape index (κ1) is 14.3.